The number of rotatable bonds is 2. The fourth-order valence-corrected chi connectivity index (χ4v) is 1.23. The van der Waals surface area contributed by atoms with Gasteiger partial charge < -0.3 is 9.94 Å². The first kappa shape index (κ1) is 9.84. The second-order valence-corrected chi connectivity index (χ2v) is 2.85. The van der Waals surface area contributed by atoms with Gasteiger partial charge in [-0.15, -0.1) is 0 Å². The van der Waals surface area contributed by atoms with E-state index >= 15 is 0 Å². The highest BCUT2D eigenvalue weighted by Gasteiger charge is 2.23. The highest BCUT2D eigenvalue weighted by Crippen LogP contribution is 2.16. The second kappa shape index (κ2) is 4.12. The zero-order chi connectivity index (χ0) is 9.84. The van der Waals surface area contributed by atoms with Crippen molar-refractivity contribution < 1.29 is 14.7 Å². The number of nitrogens with zero attached hydrogens (tertiary/aromatic N) is 2. The van der Waals surface area contributed by atoms with Crippen molar-refractivity contribution in [3.63, 3.8) is 0 Å². The minimum absolute atomic E-state index is 0.219. The molecule has 0 aliphatic carbocycles. The Kier molecular flexibility index (Phi) is 3.12. The summed E-state index contributed by atoms with van der Waals surface area (Å²) in [5, 5.41) is 12.8. The second-order valence-electron chi connectivity index (χ2n) is 2.01. The molecule has 0 aromatic heterocycles. The van der Waals surface area contributed by atoms with Gasteiger partial charge in [-0.3, -0.25) is 5.43 Å². The molecule has 8 heteroatoms. The highest BCUT2D eigenvalue weighted by atomic mass is 32.2. The monoisotopic (exact) mass is 204 g/mol. The van der Waals surface area contributed by atoms with Crippen molar-refractivity contribution in [1.29, 1.82) is 0 Å². The maximum Gasteiger partial charge on any atom is 0.362 e. The molecule has 0 fully saturated rings. The van der Waals surface area contributed by atoms with E-state index < -0.39 is 5.97 Å². The Morgan fingerprint density at radius 1 is 1.92 bits per heavy atom. The molecule has 0 radical (unpaired) electrons. The molecule has 0 atom stereocenters. The van der Waals surface area contributed by atoms with Crippen LogP contribution >= 0.6 is 11.9 Å². The molecule has 0 saturated heterocycles. The van der Waals surface area contributed by atoms with E-state index in [1.165, 1.54) is 12.5 Å². The van der Waals surface area contributed by atoms with Crippen molar-refractivity contribution in [1.82, 2.24) is 9.95 Å². The molecule has 1 rings (SSSR count). The van der Waals surface area contributed by atoms with Crippen molar-refractivity contribution in [3.05, 3.63) is 11.1 Å². The lowest BCUT2D eigenvalue weighted by Crippen LogP contribution is -2.37. The average Bonchev–Trinajstić information content (AvgIpc) is 2.53. The SMILES string of the molecule is COC(=O)C(=NO)C1=CSN(N)N1. The van der Waals surface area contributed by atoms with Crippen LogP contribution in [0.2, 0.25) is 0 Å². The van der Waals surface area contributed by atoms with Gasteiger partial charge in [0, 0.05) is 5.41 Å². The summed E-state index contributed by atoms with van der Waals surface area (Å²) in [6, 6.07) is 0. The number of carbonyl (C=O) groups excluding carboxylic acids is 1. The zero-order valence-corrected chi connectivity index (χ0v) is 7.54. The van der Waals surface area contributed by atoms with Crippen molar-refractivity contribution in [2.24, 2.45) is 11.0 Å². The Balaban J connectivity index is 2.75. The number of hydrogen-bond donors (Lipinski definition) is 3. The summed E-state index contributed by atoms with van der Waals surface area (Å²) < 4.78 is 5.53. The molecule has 0 aromatic rings. The Bertz CT molecular complexity index is 277. The maximum atomic E-state index is 11.0. The first-order valence-corrected chi connectivity index (χ1v) is 4.02. The topological polar surface area (TPSA) is 100 Å². The quantitative estimate of drug-likeness (QED) is 0.135. The van der Waals surface area contributed by atoms with E-state index in [-0.39, 0.29) is 5.71 Å². The molecule has 0 saturated carbocycles. The molecule has 0 unspecified atom stereocenters. The van der Waals surface area contributed by atoms with E-state index in [1.807, 2.05) is 0 Å². The minimum atomic E-state index is -0.739. The lowest BCUT2D eigenvalue weighted by atomic mass is 10.3. The summed E-state index contributed by atoms with van der Waals surface area (Å²) in [6.07, 6.45) is 0. The van der Waals surface area contributed by atoms with Crippen LogP contribution in [0, 0.1) is 0 Å². The van der Waals surface area contributed by atoms with Crippen LogP contribution in [0.1, 0.15) is 0 Å². The van der Waals surface area contributed by atoms with E-state index in [0.29, 0.717) is 5.70 Å². The predicted molar refractivity (Wildman–Crippen MR) is 46.1 cm³/mol. The predicted octanol–water partition coefficient (Wildman–Crippen LogP) is -0.827. The summed E-state index contributed by atoms with van der Waals surface area (Å²) in [4.78, 5) is 11.0. The summed E-state index contributed by atoms with van der Waals surface area (Å²) in [5.41, 5.74) is 2.64. The highest BCUT2D eigenvalue weighted by molar-refractivity contribution is 8.00. The van der Waals surface area contributed by atoms with Crippen LogP contribution in [0.5, 0.6) is 0 Å². The summed E-state index contributed by atoms with van der Waals surface area (Å²) in [5.74, 6) is 4.56. The molecule has 0 bridgehead atoms. The molecule has 4 N–H and O–H groups in total. The number of carbonyl (C=O) groups is 1. The minimum Gasteiger partial charge on any atom is -0.464 e. The molecular weight excluding hydrogens is 196 g/mol. The maximum absolute atomic E-state index is 11.0. The molecule has 7 nitrogen and oxygen atoms in total. The molecule has 1 heterocycles. The number of oxime groups is 1. The van der Waals surface area contributed by atoms with E-state index in [1.54, 1.807) is 0 Å². The van der Waals surface area contributed by atoms with Crippen molar-refractivity contribution in [2.45, 2.75) is 0 Å². The van der Waals surface area contributed by atoms with Crippen LogP contribution in [0.25, 0.3) is 0 Å². The lowest BCUT2D eigenvalue weighted by Gasteiger charge is -2.08. The van der Waals surface area contributed by atoms with Gasteiger partial charge in [0.25, 0.3) is 0 Å². The normalized spacial score (nSPS) is 18.0. The molecule has 13 heavy (non-hydrogen) atoms. The van der Waals surface area contributed by atoms with Gasteiger partial charge in [-0.25, -0.2) is 10.6 Å². The van der Waals surface area contributed by atoms with Crippen LogP contribution < -0.4 is 11.3 Å². The molecule has 0 spiro atoms. The summed E-state index contributed by atoms with van der Waals surface area (Å²) in [6.45, 7) is 0. The van der Waals surface area contributed by atoms with E-state index in [4.69, 9.17) is 11.0 Å². The molecule has 1 aliphatic rings. The Morgan fingerprint density at radius 2 is 2.62 bits per heavy atom. The average molecular weight is 204 g/mol. The number of hydrogen-bond acceptors (Lipinski definition) is 8. The number of ether oxygens (including phenoxy) is 1. The van der Waals surface area contributed by atoms with E-state index in [2.05, 4.69) is 15.3 Å². The first-order chi connectivity index (χ1) is 6.19. The third-order valence-electron chi connectivity index (χ3n) is 1.25. The van der Waals surface area contributed by atoms with Crippen molar-refractivity contribution in [3.8, 4) is 0 Å². The summed E-state index contributed by atoms with van der Waals surface area (Å²) >= 11 is 1.12. The van der Waals surface area contributed by atoms with Crippen LogP contribution in [0.15, 0.2) is 16.3 Å². The van der Waals surface area contributed by atoms with Gasteiger partial charge in [-0.2, -0.15) is 0 Å². The van der Waals surface area contributed by atoms with Gasteiger partial charge in [-0.1, -0.05) is 9.68 Å². The van der Waals surface area contributed by atoms with Gasteiger partial charge >= 0.3 is 5.97 Å². The fourth-order valence-electron chi connectivity index (χ4n) is 0.691. The molecule has 1 aliphatic heterocycles. The van der Waals surface area contributed by atoms with Crippen LogP contribution in [-0.4, -0.2) is 28.5 Å². The third-order valence-corrected chi connectivity index (χ3v) is 1.91. The Morgan fingerprint density at radius 3 is 3.00 bits per heavy atom. The number of esters is 1. The zero-order valence-electron chi connectivity index (χ0n) is 6.72. The number of methoxy groups -OCH3 is 1. The number of nitrogens with two attached hydrogens (primary N) is 1. The molecule has 0 amide bonds. The molecule has 72 valence electrons. The van der Waals surface area contributed by atoms with Crippen molar-refractivity contribution >= 4 is 23.6 Å². The number of hydrazine groups is 2. The summed E-state index contributed by atoms with van der Waals surface area (Å²) in [7, 11) is 1.19. The molecule has 0 aromatic carbocycles. The number of nitrogens with one attached hydrogen (secondary N) is 1. The Labute approximate surface area is 78.3 Å². The largest absolute Gasteiger partial charge is 0.464 e. The Hall–Kier alpha value is -1.25. The van der Waals surface area contributed by atoms with Gasteiger partial charge in [-0.05, 0) is 11.9 Å². The third kappa shape index (κ3) is 2.11. The smallest absolute Gasteiger partial charge is 0.362 e. The first-order valence-electron chi connectivity index (χ1n) is 3.18. The van der Waals surface area contributed by atoms with Crippen LogP contribution in [0.3, 0.4) is 0 Å². The van der Waals surface area contributed by atoms with E-state index in [9.17, 15) is 4.79 Å². The fraction of sp³-hybridized carbons (Fsp3) is 0.200. The standard InChI is InChI=1S/C5H8N4O3S/c1-12-5(10)4(8-11)3-2-13-9(6)7-3/h2,7,11H,6H2,1H3. The van der Waals surface area contributed by atoms with Crippen LogP contribution in [0.4, 0.5) is 0 Å². The van der Waals surface area contributed by atoms with Crippen LogP contribution in [-0.2, 0) is 9.53 Å². The van der Waals surface area contributed by atoms with Crippen molar-refractivity contribution in [2.75, 3.05) is 7.11 Å². The van der Waals surface area contributed by atoms with Gasteiger partial charge in [0.15, 0.2) is 0 Å². The lowest BCUT2D eigenvalue weighted by molar-refractivity contribution is -0.132. The van der Waals surface area contributed by atoms with Gasteiger partial charge in [0.05, 0.1) is 12.8 Å². The molecular formula is C5H8N4O3S. The van der Waals surface area contributed by atoms with Gasteiger partial charge in [0.1, 0.15) is 0 Å². The van der Waals surface area contributed by atoms with E-state index in [0.717, 1.165) is 16.5 Å². The van der Waals surface area contributed by atoms with Gasteiger partial charge in [0.2, 0.25) is 5.71 Å².